The summed E-state index contributed by atoms with van der Waals surface area (Å²) in [5.74, 6) is -0.876. The molecule has 0 spiro atoms. The van der Waals surface area contributed by atoms with E-state index in [1.54, 1.807) is 0 Å². The molecule has 58 valence electrons. The molecular weight excluding hydrogens is 259 g/mol. The highest BCUT2D eigenvalue weighted by Crippen LogP contribution is 2.19. The molecule has 0 aliphatic heterocycles. The van der Waals surface area contributed by atoms with Crippen molar-refractivity contribution >= 4 is 28.6 Å². The Balaban J connectivity index is 3.15. The molecule has 0 amide bonds. The number of phenolic OH excluding ortho intramolecular Hbond substituents is 1. The second-order valence-electron chi connectivity index (χ2n) is 1.97. The molecule has 0 aliphatic carbocycles. The van der Waals surface area contributed by atoms with Crippen molar-refractivity contribution in [1.82, 2.24) is 0 Å². The van der Waals surface area contributed by atoms with Gasteiger partial charge in [-0.2, -0.15) is 0 Å². The van der Waals surface area contributed by atoms with E-state index in [-0.39, 0.29) is 11.3 Å². The van der Waals surface area contributed by atoms with E-state index in [2.05, 4.69) is 0 Å². The number of hydrogen-bond donors (Lipinski definition) is 2. The van der Waals surface area contributed by atoms with Crippen LogP contribution in [0.4, 0.5) is 0 Å². The Labute approximate surface area is 76.8 Å². The molecule has 0 saturated heterocycles. The molecule has 0 unspecified atom stereocenters. The number of carboxylic acid groups (broad SMARTS) is 1. The van der Waals surface area contributed by atoms with Gasteiger partial charge in [0.1, 0.15) is 5.75 Å². The van der Waals surface area contributed by atoms with Gasteiger partial charge in [0.2, 0.25) is 0 Å². The molecule has 2 N–H and O–H groups in total. The molecule has 1 aromatic rings. The average molecular weight is 264 g/mol. The first-order valence-corrected chi connectivity index (χ1v) is 3.91. The molecule has 1 aromatic carbocycles. The molecule has 0 aromatic heterocycles. The smallest absolute Gasteiger partial charge is 0.335 e. The summed E-state index contributed by atoms with van der Waals surface area (Å²) in [5.41, 5.74) is 0.187. The summed E-state index contributed by atoms with van der Waals surface area (Å²) in [4.78, 5) is 10.4. The van der Waals surface area contributed by atoms with E-state index in [1.165, 1.54) is 18.2 Å². The molecule has 1 rings (SSSR count). The van der Waals surface area contributed by atoms with E-state index in [4.69, 9.17) is 10.2 Å². The fourth-order valence-electron chi connectivity index (χ4n) is 0.640. The standard InChI is InChI=1S/C7H5IO3/c8-5-3-4(7(10)11)1-2-6(5)9/h1-3,9H,(H,10,11). The fourth-order valence-corrected chi connectivity index (χ4v) is 1.16. The third-order valence-electron chi connectivity index (χ3n) is 1.19. The van der Waals surface area contributed by atoms with Crippen LogP contribution in [0.5, 0.6) is 5.75 Å². The Morgan fingerprint density at radius 1 is 1.45 bits per heavy atom. The highest BCUT2D eigenvalue weighted by molar-refractivity contribution is 14.1. The molecule has 3 nitrogen and oxygen atoms in total. The first-order valence-electron chi connectivity index (χ1n) is 2.83. The van der Waals surface area contributed by atoms with Crippen molar-refractivity contribution in [2.45, 2.75) is 0 Å². The van der Waals surface area contributed by atoms with Crippen molar-refractivity contribution in [3.8, 4) is 5.75 Å². The number of aromatic carboxylic acids is 1. The molecule has 0 fully saturated rings. The van der Waals surface area contributed by atoms with Gasteiger partial charge in [-0.15, -0.1) is 0 Å². The highest BCUT2D eigenvalue weighted by Gasteiger charge is 2.04. The minimum absolute atomic E-state index is 0.107. The first kappa shape index (κ1) is 8.32. The van der Waals surface area contributed by atoms with Crippen molar-refractivity contribution in [1.29, 1.82) is 0 Å². The zero-order valence-electron chi connectivity index (χ0n) is 5.41. The fraction of sp³-hybridized carbons (Fsp3) is 0. The van der Waals surface area contributed by atoms with E-state index in [1.807, 2.05) is 22.6 Å². The van der Waals surface area contributed by atoms with Crippen LogP contribution in [0, 0.1) is 3.57 Å². The Bertz CT molecular complexity index is 296. The van der Waals surface area contributed by atoms with Crippen LogP contribution in [0.1, 0.15) is 10.4 Å². The normalized spacial score (nSPS) is 9.55. The van der Waals surface area contributed by atoms with E-state index < -0.39 is 5.97 Å². The lowest BCUT2D eigenvalue weighted by Gasteiger charge is -1.97. The second-order valence-corrected chi connectivity index (χ2v) is 3.13. The SMILES string of the molecule is O=C(O)c1ccc(O)c(I)c1. The lowest BCUT2D eigenvalue weighted by molar-refractivity contribution is 0.0697. The summed E-state index contributed by atoms with van der Waals surface area (Å²) >= 11 is 1.87. The number of rotatable bonds is 1. The summed E-state index contributed by atoms with van der Waals surface area (Å²) in [6, 6.07) is 4.14. The van der Waals surface area contributed by atoms with Gasteiger partial charge in [-0.25, -0.2) is 4.79 Å². The van der Waals surface area contributed by atoms with Gasteiger partial charge in [0.15, 0.2) is 0 Å². The third-order valence-corrected chi connectivity index (χ3v) is 2.06. The predicted octanol–water partition coefficient (Wildman–Crippen LogP) is 1.69. The Kier molecular flexibility index (Phi) is 2.33. The zero-order chi connectivity index (χ0) is 8.43. The number of aromatic hydroxyl groups is 1. The van der Waals surface area contributed by atoms with Crippen molar-refractivity contribution in [3.05, 3.63) is 27.3 Å². The second kappa shape index (κ2) is 3.08. The maximum atomic E-state index is 10.4. The number of phenols is 1. The molecule has 4 heteroatoms. The predicted molar refractivity (Wildman–Crippen MR) is 47.8 cm³/mol. The zero-order valence-corrected chi connectivity index (χ0v) is 7.57. The minimum atomic E-state index is -0.983. The van der Waals surface area contributed by atoms with Crippen LogP contribution in [-0.2, 0) is 0 Å². The van der Waals surface area contributed by atoms with Crippen molar-refractivity contribution in [2.75, 3.05) is 0 Å². The Morgan fingerprint density at radius 3 is 2.55 bits per heavy atom. The molecule has 0 saturated carbocycles. The van der Waals surface area contributed by atoms with Crippen molar-refractivity contribution in [3.63, 3.8) is 0 Å². The lowest BCUT2D eigenvalue weighted by Crippen LogP contribution is -1.95. The monoisotopic (exact) mass is 264 g/mol. The van der Waals surface area contributed by atoms with E-state index >= 15 is 0 Å². The largest absolute Gasteiger partial charge is 0.507 e. The van der Waals surface area contributed by atoms with Gasteiger partial charge in [-0.3, -0.25) is 0 Å². The van der Waals surface area contributed by atoms with Gasteiger partial charge >= 0.3 is 5.97 Å². The summed E-state index contributed by atoms with van der Waals surface area (Å²) in [5, 5.41) is 17.5. The summed E-state index contributed by atoms with van der Waals surface area (Å²) < 4.78 is 0.544. The maximum Gasteiger partial charge on any atom is 0.335 e. The van der Waals surface area contributed by atoms with Crippen molar-refractivity contribution < 1.29 is 15.0 Å². The van der Waals surface area contributed by atoms with Crippen LogP contribution in [0.15, 0.2) is 18.2 Å². The molecule has 0 radical (unpaired) electrons. The van der Waals surface area contributed by atoms with Crippen LogP contribution in [0.3, 0.4) is 0 Å². The van der Waals surface area contributed by atoms with E-state index in [9.17, 15) is 4.79 Å². The molecule has 11 heavy (non-hydrogen) atoms. The quantitative estimate of drug-likeness (QED) is 0.759. The van der Waals surface area contributed by atoms with Crippen LogP contribution in [-0.4, -0.2) is 16.2 Å². The van der Waals surface area contributed by atoms with Crippen LogP contribution in [0.2, 0.25) is 0 Å². The van der Waals surface area contributed by atoms with Crippen LogP contribution >= 0.6 is 22.6 Å². The van der Waals surface area contributed by atoms with E-state index in [0.29, 0.717) is 3.57 Å². The average Bonchev–Trinajstić information content (AvgIpc) is 1.94. The van der Waals surface area contributed by atoms with Crippen LogP contribution < -0.4 is 0 Å². The van der Waals surface area contributed by atoms with Gasteiger partial charge in [0.05, 0.1) is 9.13 Å². The summed E-state index contributed by atoms with van der Waals surface area (Å²) in [6.07, 6.45) is 0. The van der Waals surface area contributed by atoms with E-state index in [0.717, 1.165) is 0 Å². The Morgan fingerprint density at radius 2 is 2.09 bits per heavy atom. The van der Waals surface area contributed by atoms with Gasteiger partial charge < -0.3 is 10.2 Å². The lowest BCUT2D eigenvalue weighted by atomic mass is 10.2. The topological polar surface area (TPSA) is 57.5 Å². The van der Waals surface area contributed by atoms with Crippen LogP contribution in [0.25, 0.3) is 0 Å². The number of hydrogen-bond acceptors (Lipinski definition) is 2. The van der Waals surface area contributed by atoms with Gasteiger partial charge in [-0.1, -0.05) is 0 Å². The van der Waals surface area contributed by atoms with Gasteiger partial charge in [0.25, 0.3) is 0 Å². The molecule has 0 atom stereocenters. The number of carbonyl (C=O) groups is 1. The summed E-state index contributed by atoms with van der Waals surface area (Å²) in [6.45, 7) is 0. The summed E-state index contributed by atoms with van der Waals surface area (Å²) in [7, 11) is 0. The number of carboxylic acids is 1. The maximum absolute atomic E-state index is 10.4. The van der Waals surface area contributed by atoms with Gasteiger partial charge in [-0.05, 0) is 40.8 Å². The molecule has 0 bridgehead atoms. The minimum Gasteiger partial charge on any atom is -0.507 e. The van der Waals surface area contributed by atoms with Crippen molar-refractivity contribution in [2.24, 2.45) is 0 Å². The highest BCUT2D eigenvalue weighted by atomic mass is 127. The Hall–Kier alpha value is -0.780. The molecule has 0 aliphatic rings. The number of benzene rings is 1. The molecular formula is C7H5IO3. The first-order chi connectivity index (χ1) is 5.11. The molecule has 0 heterocycles. The number of halogens is 1. The third kappa shape index (κ3) is 1.83. The van der Waals surface area contributed by atoms with Gasteiger partial charge in [0, 0.05) is 0 Å².